The maximum atomic E-state index is 6.15. The highest BCUT2D eigenvalue weighted by molar-refractivity contribution is 5.67. The number of ether oxygens (including phenoxy) is 3. The molecule has 160 valence electrons. The van der Waals surface area contributed by atoms with Gasteiger partial charge in [0.15, 0.2) is 0 Å². The van der Waals surface area contributed by atoms with Crippen molar-refractivity contribution in [3.05, 3.63) is 54.4 Å². The van der Waals surface area contributed by atoms with Crippen LogP contribution in [0.15, 0.2) is 42.9 Å². The first-order chi connectivity index (χ1) is 15.2. The van der Waals surface area contributed by atoms with E-state index in [4.69, 9.17) is 14.2 Å². The van der Waals surface area contributed by atoms with Gasteiger partial charge in [0, 0.05) is 41.6 Å². The Balaban J connectivity index is 1.24. The van der Waals surface area contributed by atoms with Crippen molar-refractivity contribution in [3.63, 3.8) is 0 Å². The maximum absolute atomic E-state index is 6.15. The number of pyridine rings is 2. The molecular weight excluding hydrogens is 392 g/mol. The summed E-state index contributed by atoms with van der Waals surface area (Å²) in [7, 11) is 1.65. The normalized spacial score (nSPS) is 19.7. The SMILES string of the molecule is COc1ccc([C@H]2C[C@@H]2COc2nc(C)ncc2-c2ccc(OCC3CC3)nc2)nc1. The Kier molecular flexibility index (Phi) is 5.40. The molecule has 5 rings (SSSR count). The molecule has 0 spiro atoms. The largest absolute Gasteiger partial charge is 0.495 e. The van der Waals surface area contributed by atoms with Crippen molar-refractivity contribution in [2.24, 2.45) is 11.8 Å². The number of aromatic nitrogens is 4. The van der Waals surface area contributed by atoms with Gasteiger partial charge in [0.2, 0.25) is 11.8 Å². The van der Waals surface area contributed by atoms with Crippen molar-refractivity contribution < 1.29 is 14.2 Å². The number of hydrogen-bond donors (Lipinski definition) is 0. The van der Waals surface area contributed by atoms with E-state index in [0.717, 1.165) is 35.6 Å². The van der Waals surface area contributed by atoms with Gasteiger partial charge in [0.1, 0.15) is 11.6 Å². The third-order valence-corrected chi connectivity index (χ3v) is 5.82. The van der Waals surface area contributed by atoms with Gasteiger partial charge in [0.05, 0.1) is 32.1 Å². The average Bonchev–Trinajstić information content (AvgIpc) is 3.73. The summed E-state index contributed by atoms with van der Waals surface area (Å²) < 4.78 is 17.1. The summed E-state index contributed by atoms with van der Waals surface area (Å²) in [6.45, 7) is 3.21. The molecule has 2 saturated carbocycles. The molecule has 0 aromatic carbocycles. The lowest BCUT2D eigenvalue weighted by Crippen LogP contribution is -2.06. The summed E-state index contributed by atoms with van der Waals surface area (Å²) in [5.74, 6) is 4.25. The highest BCUT2D eigenvalue weighted by atomic mass is 16.5. The van der Waals surface area contributed by atoms with Gasteiger partial charge in [-0.2, -0.15) is 4.98 Å². The Morgan fingerprint density at radius 1 is 0.935 bits per heavy atom. The fourth-order valence-electron chi connectivity index (χ4n) is 3.58. The number of hydrogen-bond acceptors (Lipinski definition) is 7. The Labute approximate surface area is 181 Å². The zero-order valence-corrected chi connectivity index (χ0v) is 17.8. The van der Waals surface area contributed by atoms with E-state index < -0.39 is 0 Å². The van der Waals surface area contributed by atoms with Crippen molar-refractivity contribution >= 4 is 0 Å². The van der Waals surface area contributed by atoms with Crippen LogP contribution in [0.2, 0.25) is 0 Å². The minimum atomic E-state index is 0.418. The van der Waals surface area contributed by atoms with Crippen LogP contribution in [-0.2, 0) is 0 Å². The number of nitrogens with zero attached hydrogens (tertiary/aromatic N) is 4. The molecule has 3 heterocycles. The Hall–Kier alpha value is -3.22. The van der Waals surface area contributed by atoms with Crippen molar-refractivity contribution in [1.82, 2.24) is 19.9 Å². The molecule has 0 amide bonds. The molecule has 3 aromatic rings. The number of rotatable bonds is 9. The van der Waals surface area contributed by atoms with Crippen LogP contribution in [-0.4, -0.2) is 40.3 Å². The zero-order valence-electron chi connectivity index (χ0n) is 17.8. The van der Waals surface area contributed by atoms with Crippen molar-refractivity contribution in [2.45, 2.75) is 32.1 Å². The van der Waals surface area contributed by atoms with E-state index in [1.807, 2.05) is 31.2 Å². The van der Waals surface area contributed by atoms with Crippen molar-refractivity contribution in [3.8, 4) is 28.6 Å². The van der Waals surface area contributed by atoms with Crippen LogP contribution in [0.25, 0.3) is 11.1 Å². The second kappa shape index (κ2) is 8.49. The lowest BCUT2D eigenvalue weighted by molar-refractivity contribution is 0.285. The molecule has 0 saturated heterocycles. The summed E-state index contributed by atoms with van der Waals surface area (Å²) in [4.78, 5) is 17.8. The van der Waals surface area contributed by atoms with Crippen molar-refractivity contribution in [1.29, 1.82) is 0 Å². The molecule has 0 radical (unpaired) electrons. The van der Waals surface area contributed by atoms with Gasteiger partial charge in [-0.25, -0.2) is 9.97 Å². The summed E-state index contributed by atoms with van der Waals surface area (Å²) in [5.41, 5.74) is 2.84. The number of aryl methyl sites for hydroxylation is 1. The van der Waals surface area contributed by atoms with Crippen LogP contribution in [0.1, 0.15) is 36.7 Å². The molecule has 0 bridgehead atoms. The highest BCUT2D eigenvalue weighted by Crippen LogP contribution is 2.47. The summed E-state index contributed by atoms with van der Waals surface area (Å²) in [5, 5.41) is 0. The van der Waals surface area contributed by atoms with Crippen LogP contribution >= 0.6 is 0 Å². The highest BCUT2D eigenvalue weighted by Gasteiger charge is 2.40. The summed E-state index contributed by atoms with van der Waals surface area (Å²) in [6, 6.07) is 7.86. The predicted molar refractivity (Wildman–Crippen MR) is 115 cm³/mol. The summed E-state index contributed by atoms with van der Waals surface area (Å²) in [6.07, 6.45) is 8.95. The second-order valence-electron chi connectivity index (χ2n) is 8.31. The van der Waals surface area contributed by atoms with Crippen molar-refractivity contribution in [2.75, 3.05) is 20.3 Å². The third-order valence-electron chi connectivity index (χ3n) is 5.82. The van der Waals surface area contributed by atoms with Gasteiger partial charge in [-0.15, -0.1) is 0 Å². The van der Waals surface area contributed by atoms with Gasteiger partial charge in [-0.1, -0.05) is 0 Å². The fraction of sp³-hybridized carbons (Fsp3) is 0.417. The monoisotopic (exact) mass is 418 g/mol. The molecule has 3 aromatic heterocycles. The van der Waals surface area contributed by atoms with Gasteiger partial charge in [-0.05, 0) is 50.3 Å². The Morgan fingerprint density at radius 2 is 1.84 bits per heavy atom. The van der Waals surface area contributed by atoms with E-state index in [0.29, 0.717) is 41.9 Å². The third kappa shape index (κ3) is 4.76. The van der Waals surface area contributed by atoms with E-state index in [-0.39, 0.29) is 0 Å². The zero-order chi connectivity index (χ0) is 21.2. The van der Waals surface area contributed by atoms with E-state index in [1.165, 1.54) is 12.8 Å². The van der Waals surface area contributed by atoms with Crippen LogP contribution in [0, 0.1) is 18.8 Å². The minimum Gasteiger partial charge on any atom is -0.495 e. The molecule has 0 N–H and O–H groups in total. The molecule has 0 unspecified atom stereocenters. The predicted octanol–water partition coefficient (Wildman–Crippen LogP) is 4.22. The Bertz CT molecular complexity index is 1040. The molecular formula is C24H26N4O3. The van der Waals surface area contributed by atoms with Crippen LogP contribution < -0.4 is 14.2 Å². The van der Waals surface area contributed by atoms with Gasteiger partial charge < -0.3 is 14.2 Å². The van der Waals surface area contributed by atoms with E-state index in [2.05, 4.69) is 19.9 Å². The molecule has 2 atom stereocenters. The lowest BCUT2D eigenvalue weighted by atomic mass is 10.1. The lowest BCUT2D eigenvalue weighted by Gasteiger charge is -2.11. The van der Waals surface area contributed by atoms with Gasteiger partial charge in [0.25, 0.3) is 0 Å². The van der Waals surface area contributed by atoms with E-state index in [9.17, 15) is 0 Å². The molecule has 2 aliphatic carbocycles. The standard InChI is InChI=1S/C24H26N4O3/c1-15-25-12-21(17-5-8-23(27-10-17)30-13-16-3-4-16)24(28-15)31-14-18-9-20(18)22-7-6-19(29-2)11-26-22/h5-8,10-12,16,18,20H,3-4,9,13-14H2,1-2H3/t18-,20+/m1/s1. The topological polar surface area (TPSA) is 79.2 Å². The molecule has 7 nitrogen and oxygen atoms in total. The maximum Gasteiger partial charge on any atom is 0.224 e. The summed E-state index contributed by atoms with van der Waals surface area (Å²) >= 11 is 0. The molecule has 2 fully saturated rings. The molecule has 0 aliphatic heterocycles. The first kappa shape index (κ1) is 19.7. The first-order valence-corrected chi connectivity index (χ1v) is 10.7. The molecule has 31 heavy (non-hydrogen) atoms. The average molecular weight is 418 g/mol. The molecule has 2 aliphatic rings. The Morgan fingerprint density at radius 3 is 2.55 bits per heavy atom. The molecule has 7 heteroatoms. The van der Waals surface area contributed by atoms with Crippen LogP contribution in [0.4, 0.5) is 0 Å². The quantitative estimate of drug-likeness (QED) is 0.515. The smallest absolute Gasteiger partial charge is 0.224 e. The van der Waals surface area contributed by atoms with Gasteiger partial charge in [-0.3, -0.25) is 4.98 Å². The van der Waals surface area contributed by atoms with Crippen LogP contribution in [0.3, 0.4) is 0 Å². The van der Waals surface area contributed by atoms with E-state index in [1.54, 1.807) is 25.7 Å². The number of methoxy groups -OCH3 is 1. The van der Waals surface area contributed by atoms with Crippen LogP contribution in [0.5, 0.6) is 17.5 Å². The fourth-order valence-corrected chi connectivity index (χ4v) is 3.58. The first-order valence-electron chi connectivity index (χ1n) is 10.7. The minimum absolute atomic E-state index is 0.418. The van der Waals surface area contributed by atoms with Gasteiger partial charge >= 0.3 is 0 Å². The second-order valence-corrected chi connectivity index (χ2v) is 8.31. The van der Waals surface area contributed by atoms with E-state index >= 15 is 0 Å².